The van der Waals surface area contributed by atoms with E-state index in [4.69, 9.17) is 4.74 Å². The van der Waals surface area contributed by atoms with Crippen molar-refractivity contribution in [3.63, 3.8) is 0 Å². The maximum absolute atomic E-state index is 11.5. The lowest BCUT2D eigenvalue weighted by atomic mass is 9.90. The zero-order valence-corrected chi connectivity index (χ0v) is 8.67. The molecule has 2 rings (SSSR count). The van der Waals surface area contributed by atoms with Gasteiger partial charge >= 0.3 is 0 Å². The normalized spacial score (nSPS) is 40.1. The summed E-state index contributed by atoms with van der Waals surface area (Å²) >= 11 is 0. The van der Waals surface area contributed by atoms with Gasteiger partial charge in [0.25, 0.3) is 0 Å². The lowest BCUT2D eigenvalue weighted by Gasteiger charge is -2.15. The van der Waals surface area contributed by atoms with Crippen LogP contribution in [-0.2, 0) is 9.53 Å². The van der Waals surface area contributed by atoms with Crippen molar-refractivity contribution in [2.45, 2.75) is 26.7 Å². The molecule has 0 saturated heterocycles. The molecule has 13 heavy (non-hydrogen) atoms. The van der Waals surface area contributed by atoms with E-state index in [1.165, 1.54) is 0 Å². The van der Waals surface area contributed by atoms with Crippen LogP contribution in [0.2, 0.25) is 0 Å². The first-order chi connectivity index (χ1) is 6.07. The van der Waals surface area contributed by atoms with Gasteiger partial charge in [0.05, 0.1) is 0 Å². The number of carbonyl (C=O) groups excluding carboxylic acids is 1. The second-order valence-corrected chi connectivity index (χ2v) is 5.10. The van der Waals surface area contributed by atoms with Crippen molar-refractivity contribution in [3.05, 3.63) is 0 Å². The Kier molecular flexibility index (Phi) is 1.99. The summed E-state index contributed by atoms with van der Waals surface area (Å²) in [6.45, 7) is 4.95. The minimum absolute atomic E-state index is 0.308. The molecule has 0 aliphatic heterocycles. The van der Waals surface area contributed by atoms with Crippen molar-refractivity contribution in [2.24, 2.45) is 23.2 Å². The SMILES string of the molecule is COCC(=O)C1CC2C(C1)C2(C)C. The average Bonchev–Trinajstić information content (AvgIpc) is 2.53. The van der Waals surface area contributed by atoms with E-state index in [1.807, 2.05) is 0 Å². The number of hydrogen-bond acceptors (Lipinski definition) is 2. The Morgan fingerprint density at radius 2 is 1.92 bits per heavy atom. The van der Waals surface area contributed by atoms with Gasteiger partial charge in [-0.2, -0.15) is 0 Å². The quantitative estimate of drug-likeness (QED) is 0.666. The summed E-state index contributed by atoms with van der Waals surface area (Å²) in [5.74, 6) is 2.25. The second-order valence-electron chi connectivity index (χ2n) is 5.10. The van der Waals surface area contributed by atoms with Gasteiger partial charge in [0, 0.05) is 13.0 Å². The molecule has 2 unspecified atom stereocenters. The van der Waals surface area contributed by atoms with Gasteiger partial charge in [0.15, 0.2) is 5.78 Å². The minimum Gasteiger partial charge on any atom is -0.377 e. The minimum atomic E-state index is 0.308. The van der Waals surface area contributed by atoms with E-state index in [0.717, 1.165) is 24.7 Å². The van der Waals surface area contributed by atoms with E-state index in [-0.39, 0.29) is 0 Å². The Morgan fingerprint density at radius 1 is 1.38 bits per heavy atom. The third-order valence-corrected chi connectivity index (χ3v) is 4.11. The summed E-state index contributed by atoms with van der Waals surface area (Å²) in [7, 11) is 1.59. The summed E-state index contributed by atoms with van der Waals surface area (Å²) in [6, 6.07) is 0. The van der Waals surface area contributed by atoms with Crippen molar-refractivity contribution in [1.29, 1.82) is 0 Å². The van der Waals surface area contributed by atoms with Crippen LogP contribution in [0.5, 0.6) is 0 Å². The molecule has 0 amide bonds. The Balaban J connectivity index is 1.87. The molecule has 0 heterocycles. The molecule has 0 N–H and O–H groups in total. The number of carbonyl (C=O) groups is 1. The lowest BCUT2D eigenvalue weighted by molar-refractivity contribution is -0.126. The summed E-state index contributed by atoms with van der Waals surface area (Å²) in [6.07, 6.45) is 2.22. The molecule has 0 radical (unpaired) electrons. The molecule has 2 aliphatic carbocycles. The third-order valence-electron chi connectivity index (χ3n) is 4.11. The number of methoxy groups -OCH3 is 1. The van der Waals surface area contributed by atoms with E-state index in [2.05, 4.69) is 13.8 Å². The number of ketones is 1. The van der Waals surface area contributed by atoms with Crippen molar-refractivity contribution >= 4 is 5.78 Å². The lowest BCUT2D eigenvalue weighted by Crippen LogP contribution is -2.19. The fourth-order valence-electron chi connectivity index (χ4n) is 3.03. The Labute approximate surface area is 79.7 Å². The zero-order chi connectivity index (χ0) is 9.64. The van der Waals surface area contributed by atoms with Gasteiger partial charge in [-0.3, -0.25) is 4.79 Å². The van der Waals surface area contributed by atoms with Crippen molar-refractivity contribution in [1.82, 2.24) is 0 Å². The maximum Gasteiger partial charge on any atom is 0.161 e. The Morgan fingerprint density at radius 3 is 2.38 bits per heavy atom. The average molecular weight is 182 g/mol. The predicted molar refractivity (Wildman–Crippen MR) is 50.4 cm³/mol. The molecule has 0 bridgehead atoms. The predicted octanol–water partition coefficient (Wildman–Crippen LogP) is 1.88. The molecule has 2 heteroatoms. The summed E-state index contributed by atoms with van der Waals surface area (Å²) < 4.78 is 4.87. The highest BCUT2D eigenvalue weighted by molar-refractivity contribution is 5.82. The zero-order valence-electron chi connectivity index (χ0n) is 8.67. The summed E-state index contributed by atoms with van der Waals surface area (Å²) in [4.78, 5) is 11.5. The van der Waals surface area contributed by atoms with Gasteiger partial charge in [-0.05, 0) is 30.1 Å². The van der Waals surface area contributed by atoms with Crippen LogP contribution in [0, 0.1) is 23.2 Å². The number of rotatable bonds is 3. The highest BCUT2D eigenvalue weighted by atomic mass is 16.5. The first kappa shape index (κ1) is 9.20. The first-order valence-corrected chi connectivity index (χ1v) is 5.09. The molecule has 0 spiro atoms. The Hall–Kier alpha value is -0.370. The van der Waals surface area contributed by atoms with Crippen molar-refractivity contribution in [3.8, 4) is 0 Å². The Bertz CT molecular complexity index is 218. The fraction of sp³-hybridized carbons (Fsp3) is 0.909. The van der Waals surface area contributed by atoms with Gasteiger partial charge in [-0.25, -0.2) is 0 Å². The molecule has 0 aromatic heterocycles. The van der Waals surface area contributed by atoms with Gasteiger partial charge in [0.2, 0.25) is 0 Å². The smallest absolute Gasteiger partial charge is 0.161 e. The highest BCUT2D eigenvalue weighted by Crippen LogP contribution is 2.68. The van der Waals surface area contributed by atoms with E-state index in [0.29, 0.717) is 23.7 Å². The molecule has 2 saturated carbocycles. The maximum atomic E-state index is 11.5. The van der Waals surface area contributed by atoms with Gasteiger partial charge < -0.3 is 4.74 Å². The van der Waals surface area contributed by atoms with Gasteiger partial charge in [-0.1, -0.05) is 13.8 Å². The third kappa shape index (κ3) is 1.32. The molecular weight excluding hydrogens is 164 g/mol. The standard InChI is InChI=1S/C11H18O2/c1-11(2)8-4-7(5-9(8)11)10(12)6-13-3/h7-9H,4-6H2,1-3H3. The van der Waals surface area contributed by atoms with Gasteiger partial charge in [0.1, 0.15) is 6.61 Å². The molecule has 0 aromatic rings. The number of fused-ring (bicyclic) bond motifs is 1. The molecular formula is C11H18O2. The fourth-order valence-corrected chi connectivity index (χ4v) is 3.03. The van der Waals surface area contributed by atoms with E-state index in [1.54, 1.807) is 7.11 Å². The van der Waals surface area contributed by atoms with Crippen LogP contribution >= 0.6 is 0 Å². The van der Waals surface area contributed by atoms with Gasteiger partial charge in [-0.15, -0.1) is 0 Å². The molecule has 2 aliphatic rings. The van der Waals surface area contributed by atoms with Crippen LogP contribution < -0.4 is 0 Å². The summed E-state index contributed by atoms with van der Waals surface area (Å²) in [5.41, 5.74) is 0.532. The van der Waals surface area contributed by atoms with E-state index >= 15 is 0 Å². The highest BCUT2D eigenvalue weighted by Gasteiger charge is 2.62. The van der Waals surface area contributed by atoms with Crippen LogP contribution in [0.1, 0.15) is 26.7 Å². The molecule has 2 fully saturated rings. The number of ether oxygens (including phenoxy) is 1. The largest absolute Gasteiger partial charge is 0.377 e. The van der Waals surface area contributed by atoms with Crippen LogP contribution in [-0.4, -0.2) is 19.5 Å². The topological polar surface area (TPSA) is 26.3 Å². The monoisotopic (exact) mass is 182 g/mol. The van der Waals surface area contributed by atoms with Crippen LogP contribution in [0.3, 0.4) is 0 Å². The van der Waals surface area contributed by atoms with Crippen molar-refractivity contribution < 1.29 is 9.53 Å². The van der Waals surface area contributed by atoms with Crippen LogP contribution in [0.4, 0.5) is 0 Å². The number of Topliss-reactive ketones (excluding diaryl/α,β-unsaturated/α-hetero) is 1. The molecule has 0 aromatic carbocycles. The van der Waals surface area contributed by atoms with E-state index < -0.39 is 0 Å². The molecule has 74 valence electrons. The molecule has 2 atom stereocenters. The van der Waals surface area contributed by atoms with Crippen LogP contribution in [0.15, 0.2) is 0 Å². The second kappa shape index (κ2) is 2.81. The van der Waals surface area contributed by atoms with Crippen LogP contribution in [0.25, 0.3) is 0 Å². The van der Waals surface area contributed by atoms with E-state index in [9.17, 15) is 4.79 Å². The number of hydrogen-bond donors (Lipinski definition) is 0. The molecule has 2 nitrogen and oxygen atoms in total. The van der Waals surface area contributed by atoms with Crippen molar-refractivity contribution in [2.75, 3.05) is 13.7 Å². The summed E-state index contributed by atoms with van der Waals surface area (Å²) in [5, 5.41) is 0. The first-order valence-electron chi connectivity index (χ1n) is 5.09.